The Labute approximate surface area is 106 Å². The lowest BCUT2D eigenvalue weighted by atomic mass is 9.91. The summed E-state index contributed by atoms with van der Waals surface area (Å²) in [4.78, 5) is 10.4. The highest BCUT2D eigenvalue weighted by Gasteiger charge is 2.20. The minimum absolute atomic E-state index is 0.00536. The zero-order chi connectivity index (χ0) is 13.7. The number of nitro groups is 1. The van der Waals surface area contributed by atoms with Crippen LogP contribution in [0.1, 0.15) is 25.8 Å². The summed E-state index contributed by atoms with van der Waals surface area (Å²) in [6, 6.07) is 3.89. The van der Waals surface area contributed by atoms with Gasteiger partial charge in [0.25, 0.3) is 5.69 Å². The molecule has 100 valence electrons. The van der Waals surface area contributed by atoms with E-state index in [1.807, 2.05) is 14.0 Å². The van der Waals surface area contributed by atoms with Crippen LogP contribution >= 0.6 is 0 Å². The molecule has 0 aliphatic heterocycles. The van der Waals surface area contributed by atoms with Crippen LogP contribution in [-0.4, -0.2) is 18.0 Å². The molecule has 0 saturated carbocycles. The first-order valence-electron chi connectivity index (χ1n) is 6.09. The molecule has 0 aromatic heterocycles. The molecule has 1 rings (SSSR count). The van der Waals surface area contributed by atoms with E-state index in [4.69, 9.17) is 0 Å². The quantitative estimate of drug-likeness (QED) is 0.627. The summed E-state index contributed by atoms with van der Waals surface area (Å²) in [7, 11) is 1.87. The molecule has 2 atom stereocenters. The fraction of sp³-hybridized carbons (Fsp3) is 0.538. The number of nitro benzene ring substituents is 1. The standard InChI is InChI=1S/C13H19FN2O2/c1-4-12(15-3)9(2)7-10-8-11(14)5-6-13(10)16(17)18/h5-6,8-9,12,15H,4,7H2,1-3H3. The third kappa shape index (κ3) is 3.50. The summed E-state index contributed by atoms with van der Waals surface area (Å²) in [5.74, 6) is -0.221. The fourth-order valence-corrected chi connectivity index (χ4v) is 2.28. The number of hydrogen-bond donors (Lipinski definition) is 1. The highest BCUT2D eigenvalue weighted by Crippen LogP contribution is 2.24. The predicted molar refractivity (Wildman–Crippen MR) is 69.1 cm³/mol. The Kier molecular flexibility index (Phi) is 5.22. The van der Waals surface area contributed by atoms with Crippen LogP contribution in [0.5, 0.6) is 0 Å². The average molecular weight is 254 g/mol. The molecule has 1 aromatic carbocycles. The Balaban J connectivity index is 2.95. The molecule has 0 bridgehead atoms. The number of halogens is 1. The van der Waals surface area contributed by atoms with Gasteiger partial charge in [0.2, 0.25) is 0 Å². The van der Waals surface area contributed by atoms with Crippen LogP contribution in [0.3, 0.4) is 0 Å². The van der Waals surface area contributed by atoms with Gasteiger partial charge in [-0.15, -0.1) is 0 Å². The van der Waals surface area contributed by atoms with Gasteiger partial charge in [-0.3, -0.25) is 10.1 Å². The number of rotatable bonds is 6. The lowest BCUT2D eigenvalue weighted by Crippen LogP contribution is -2.32. The largest absolute Gasteiger partial charge is 0.317 e. The maximum absolute atomic E-state index is 13.2. The Morgan fingerprint density at radius 1 is 1.50 bits per heavy atom. The number of nitrogens with zero attached hydrogens (tertiary/aromatic N) is 1. The van der Waals surface area contributed by atoms with E-state index in [-0.39, 0.29) is 17.6 Å². The van der Waals surface area contributed by atoms with Crippen molar-refractivity contribution in [2.45, 2.75) is 32.7 Å². The van der Waals surface area contributed by atoms with Crippen LogP contribution in [-0.2, 0) is 6.42 Å². The minimum atomic E-state index is -0.457. The summed E-state index contributed by atoms with van der Waals surface area (Å²) >= 11 is 0. The molecule has 0 spiro atoms. The summed E-state index contributed by atoms with van der Waals surface area (Å²) in [5.41, 5.74) is 0.454. The summed E-state index contributed by atoms with van der Waals surface area (Å²) in [6.45, 7) is 4.07. The SMILES string of the molecule is CCC(NC)C(C)Cc1cc(F)ccc1[N+](=O)[O-]. The molecular weight excluding hydrogens is 235 g/mol. The van der Waals surface area contributed by atoms with Crippen LogP contribution in [0, 0.1) is 21.8 Å². The van der Waals surface area contributed by atoms with Crippen molar-refractivity contribution in [1.82, 2.24) is 5.32 Å². The maximum atomic E-state index is 13.2. The molecule has 1 N–H and O–H groups in total. The second-order valence-electron chi connectivity index (χ2n) is 4.51. The summed E-state index contributed by atoms with van der Waals surface area (Å²) in [6.07, 6.45) is 1.42. The van der Waals surface area contributed by atoms with E-state index < -0.39 is 10.7 Å². The molecule has 0 radical (unpaired) electrons. The first kappa shape index (κ1) is 14.6. The second-order valence-corrected chi connectivity index (χ2v) is 4.51. The monoisotopic (exact) mass is 254 g/mol. The van der Waals surface area contributed by atoms with Crippen molar-refractivity contribution >= 4 is 5.69 Å². The highest BCUT2D eigenvalue weighted by molar-refractivity contribution is 5.40. The lowest BCUT2D eigenvalue weighted by Gasteiger charge is -2.22. The average Bonchev–Trinajstić information content (AvgIpc) is 2.30. The number of benzene rings is 1. The highest BCUT2D eigenvalue weighted by atomic mass is 19.1. The van der Waals surface area contributed by atoms with Crippen molar-refractivity contribution in [3.8, 4) is 0 Å². The van der Waals surface area contributed by atoms with Gasteiger partial charge in [0.1, 0.15) is 5.82 Å². The Morgan fingerprint density at radius 2 is 2.17 bits per heavy atom. The van der Waals surface area contributed by atoms with Gasteiger partial charge in [0.05, 0.1) is 4.92 Å². The first-order valence-corrected chi connectivity index (χ1v) is 6.09. The number of hydrogen-bond acceptors (Lipinski definition) is 3. The van der Waals surface area contributed by atoms with Crippen molar-refractivity contribution in [2.75, 3.05) is 7.05 Å². The predicted octanol–water partition coefficient (Wildman–Crippen LogP) is 2.91. The van der Waals surface area contributed by atoms with Crippen LogP contribution in [0.25, 0.3) is 0 Å². The van der Waals surface area contributed by atoms with Gasteiger partial charge in [-0.25, -0.2) is 4.39 Å². The van der Waals surface area contributed by atoms with Crippen LogP contribution in [0.2, 0.25) is 0 Å². The molecule has 2 unspecified atom stereocenters. The summed E-state index contributed by atoms with van der Waals surface area (Å²) in [5, 5.41) is 14.1. The molecule has 0 aliphatic rings. The van der Waals surface area contributed by atoms with Crippen molar-refractivity contribution in [3.63, 3.8) is 0 Å². The lowest BCUT2D eigenvalue weighted by molar-refractivity contribution is -0.385. The normalized spacial score (nSPS) is 14.2. The van der Waals surface area contributed by atoms with E-state index in [1.54, 1.807) is 0 Å². The van der Waals surface area contributed by atoms with Crippen LogP contribution < -0.4 is 5.32 Å². The van der Waals surface area contributed by atoms with E-state index in [0.29, 0.717) is 12.0 Å². The smallest absolute Gasteiger partial charge is 0.272 e. The van der Waals surface area contributed by atoms with Crippen molar-refractivity contribution in [1.29, 1.82) is 0 Å². The minimum Gasteiger partial charge on any atom is -0.317 e. The van der Waals surface area contributed by atoms with Gasteiger partial charge < -0.3 is 5.32 Å². The third-order valence-corrected chi connectivity index (χ3v) is 3.28. The molecular formula is C13H19FN2O2. The zero-order valence-corrected chi connectivity index (χ0v) is 10.9. The summed E-state index contributed by atoms with van der Waals surface area (Å²) < 4.78 is 13.2. The molecule has 5 heteroatoms. The van der Waals surface area contributed by atoms with E-state index in [2.05, 4.69) is 12.2 Å². The van der Waals surface area contributed by atoms with Gasteiger partial charge >= 0.3 is 0 Å². The Morgan fingerprint density at radius 3 is 2.67 bits per heavy atom. The van der Waals surface area contributed by atoms with Crippen molar-refractivity contribution in [2.24, 2.45) is 5.92 Å². The molecule has 18 heavy (non-hydrogen) atoms. The van der Waals surface area contributed by atoms with Gasteiger partial charge in [-0.1, -0.05) is 13.8 Å². The first-order chi connectivity index (χ1) is 8.49. The van der Waals surface area contributed by atoms with Crippen LogP contribution in [0.4, 0.5) is 10.1 Å². The van der Waals surface area contributed by atoms with Crippen molar-refractivity contribution in [3.05, 3.63) is 39.7 Å². The van der Waals surface area contributed by atoms with Crippen molar-refractivity contribution < 1.29 is 9.31 Å². The van der Waals surface area contributed by atoms with Gasteiger partial charge in [-0.2, -0.15) is 0 Å². The van der Waals surface area contributed by atoms with E-state index in [1.165, 1.54) is 12.1 Å². The molecule has 0 heterocycles. The molecule has 1 aromatic rings. The van der Waals surface area contributed by atoms with Gasteiger partial charge in [-0.05, 0) is 37.9 Å². The molecule has 0 amide bonds. The molecule has 0 aliphatic carbocycles. The van der Waals surface area contributed by atoms with Crippen LogP contribution in [0.15, 0.2) is 18.2 Å². The van der Waals surface area contributed by atoms with E-state index in [0.717, 1.165) is 12.5 Å². The Hall–Kier alpha value is -1.49. The third-order valence-electron chi connectivity index (χ3n) is 3.28. The molecule has 0 fully saturated rings. The molecule has 0 saturated heterocycles. The number of nitrogens with one attached hydrogen (secondary N) is 1. The zero-order valence-electron chi connectivity index (χ0n) is 10.9. The topological polar surface area (TPSA) is 55.2 Å². The Bertz CT molecular complexity index is 419. The van der Waals surface area contributed by atoms with E-state index in [9.17, 15) is 14.5 Å². The van der Waals surface area contributed by atoms with Gasteiger partial charge in [0.15, 0.2) is 0 Å². The van der Waals surface area contributed by atoms with E-state index >= 15 is 0 Å². The molecule has 4 nitrogen and oxygen atoms in total. The fourth-order valence-electron chi connectivity index (χ4n) is 2.28. The second kappa shape index (κ2) is 6.44. The van der Waals surface area contributed by atoms with Gasteiger partial charge in [0, 0.05) is 17.7 Å². The maximum Gasteiger partial charge on any atom is 0.272 e.